The van der Waals surface area contributed by atoms with E-state index in [1.54, 1.807) is 20.3 Å². The summed E-state index contributed by atoms with van der Waals surface area (Å²) in [6.07, 6.45) is 5.86. The first-order valence-corrected chi connectivity index (χ1v) is 11.1. The first kappa shape index (κ1) is 21.9. The molecule has 0 radical (unpaired) electrons. The van der Waals surface area contributed by atoms with Crippen LogP contribution in [0.15, 0.2) is 30.3 Å². The summed E-state index contributed by atoms with van der Waals surface area (Å²) in [5.74, 6) is 3.09. The highest BCUT2D eigenvalue weighted by Gasteiger charge is 2.23. The van der Waals surface area contributed by atoms with Crippen molar-refractivity contribution in [3.63, 3.8) is 0 Å². The lowest BCUT2D eigenvalue weighted by Crippen LogP contribution is -2.49. The standard InChI is InChI=1S/C24H31N5O3/c1-18-16-22(27-10-4-5-11-27)26-24(25-18)29-14-12-28(13-15-29)23(30)9-7-19-6-8-20(31-2)21(17-19)32-3/h6-9,16-17H,4-5,10-15H2,1-3H3/b9-7+. The van der Waals surface area contributed by atoms with Gasteiger partial charge in [-0.15, -0.1) is 0 Å². The highest BCUT2D eigenvalue weighted by atomic mass is 16.5. The Kier molecular flexibility index (Phi) is 6.78. The number of hydrogen-bond acceptors (Lipinski definition) is 7. The number of carbonyl (C=O) groups excluding carboxylic acids is 1. The van der Waals surface area contributed by atoms with E-state index in [0.717, 1.165) is 49.2 Å². The summed E-state index contributed by atoms with van der Waals surface area (Å²) >= 11 is 0. The molecule has 0 saturated carbocycles. The number of methoxy groups -OCH3 is 2. The maximum Gasteiger partial charge on any atom is 0.246 e. The SMILES string of the molecule is COc1ccc(/C=C/C(=O)N2CCN(c3nc(C)cc(N4CCCC4)n3)CC2)cc1OC. The van der Waals surface area contributed by atoms with Crippen molar-refractivity contribution in [3.8, 4) is 11.5 Å². The zero-order chi connectivity index (χ0) is 22.5. The molecule has 0 aliphatic carbocycles. The minimum atomic E-state index is 0.00218. The first-order chi connectivity index (χ1) is 15.6. The quantitative estimate of drug-likeness (QED) is 0.644. The number of carbonyl (C=O) groups is 1. The summed E-state index contributed by atoms with van der Waals surface area (Å²) in [5.41, 5.74) is 1.87. The Labute approximate surface area is 189 Å². The number of anilines is 2. The fraction of sp³-hybridized carbons (Fsp3) is 0.458. The van der Waals surface area contributed by atoms with Gasteiger partial charge < -0.3 is 24.2 Å². The third kappa shape index (κ3) is 4.95. The number of ether oxygens (including phenoxy) is 2. The van der Waals surface area contributed by atoms with Gasteiger partial charge in [0.1, 0.15) is 5.82 Å². The molecule has 8 heteroatoms. The van der Waals surface area contributed by atoms with Crippen LogP contribution in [0.25, 0.3) is 6.08 Å². The second-order valence-corrected chi connectivity index (χ2v) is 8.12. The molecule has 1 aromatic heterocycles. The summed E-state index contributed by atoms with van der Waals surface area (Å²) in [7, 11) is 3.20. The monoisotopic (exact) mass is 437 g/mol. The zero-order valence-corrected chi connectivity index (χ0v) is 19.1. The Bertz CT molecular complexity index is 980. The molecule has 0 atom stereocenters. The highest BCUT2D eigenvalue weighted by molar-refractivity contribution is 5.92. The summed E-state index contributed by atoms with van der Waals surface area (Å²) < 4.78 is 10.6. The van der Waals surface area contributed by atoms with Gasteiger partial charge in [0.25, 0.3) is 0 Å². The van der Waals surface area contributed by atoms with Gasteiger partial charge >= 0.3 is 0 Å². The maximum atomic E-state index is 12.7. The van der Waals surface area contributed by atoms with Crippen LogP contribution < -0.4 is 19.3 Å². The van der Waals surface area contributed by atoms with Crippen LogP contribution in [-0.2, 0) is 4.79 Å². The van der Waals surface area contributed by atoms with E-state index in [1.165, 1.54) is 12.8 Å². The van der Waals surface area contributed by atoms with E-state index < -0.39 is 0 Å². The number of aryl methyl sites for hydroxylation is 1. The molecule has 0 unspecified atom stereocenters. The van der Waals surface area contributed by atoms with Crippen molar-refractivity contribution in [2.24, 2.45) is 0 Å². The van der Waals surface area contributed by atoms with Gasteiger partial charge in [-0.25, -0.2) is 4.98 Å². The number of piperazine rings is 1. The van der Waals surface area contributed by atoms with Crippen LogP contribution in [0, 0.1) is 6.92 Å². The van der Waals surface area contributed by atoms with Crippen LogP contribution in [0.1, 0.15) is 24.1 Å². The van der Waals surface area contributed by atoms with Gasteiger partial charge in [0.2, 0.25) is 11.9 Å². The van der Waals surface area contributed by atoms with Gasteiger partial charge in [0, 0.05) is 57.1 Å². The van der Waals surface area contributed by atoms with Crippen molar-refractivity contribution in [2.45, 2.75) is 19.8 Å². The van der Waals surface area contributed by atoms with Crippen molar-refractivity contribution < 1.29 is 14.3 Å². The summed E-state index contributed by atoms with van der Waals surface area (Å²) in [5, 5.41) is 0. The Hall–Kier alpha value is -3.29. The molecule has 4 rings (SSSR count). The molecule has 3 heterocycles. The molecule has 0 spiro atoms. The number of amides is 1. The van der Waals surface area contributed by atoms with Crippen LogP contribution in [0.4, 0.5) is 11.8 Å². The summed E-state index contributed by atoms with van der Waals surface area (Å²) in [6, 6.07) is 7.65. The molecular weight excluding hydrogens is 406 g/mol. The van der Waals surface area contributed by atoms with Crippen LogP contribution in [0.2, 0.25) is 0 Å². The number of benzene rings is 1. The number of nitrogens with zero attached hydrogens (tertiary/aromatic N) is 5. The lowest BCUT2D eigenvalue weighted by molar-refractivity contribution is -0.126. The van der Waals surface area contributed by atoms with E-state index in [4.69, 9.17) is 14.5 Å². The topological polar surface area (TPSA) is 71.0 Å². The maximum absolute atomic E-state index is 12.7. The van der Waals surface area contributed by atoms with Gasteiger partial charge in [-0.05, 0) is 43.5 Å². The van der Waals surface area contributed by atoms with Gasteiger partial charge in [0.05, 0.1) is 14.2 Å². The van der Waals surface area contributed by atoms with Crippen LogP contribution >= 0.6 is 0 Å². The molecule has 8 nitrogen and oxygen atoms in total. The van der Waals surface area contributed by atoms with Gasteiger partial charge in [-0.1, -0.05) is 6.07 Å². The number of aromatic nitrogens is 2. The molecule has 0 N–H and O–H groups in total. The van der Waals surface area contributed by atoms with Crippen molar-refractivity contribution in [1.29, 1.82) is 0 Å². The Morgan fingerprint density at radius 2 is 1.62 bits per heavy atom. The van der Waals surface area contributed by atoms with Gasteiger partial charge in [-0.3, -0.25) is 4.79 Å². The van der Waals surface area contributed by atoms with Gasteiger partial charge in [0.15, 0.2) is 11.5 Å². The lowest BCUT2D eigenvalue weighted by Gasteiger charge is -2.34. The predicted octanol–water partition coefficient (Wildman–Crippen LogP) is 2.76. The molecule has 2 fully saturated rings. The fourth-order valence-electron chi connectivity index (χ4n) is 4.14. The Balaban J connectivity index is 1.36. The second-order valence-electron chi connectivity index (χ2n) is 8.12. The van der Waals surface area contributed by atoms with Crippen LogP contribution in [0.5, 0.6) is 11.5 Å². The van der Waals surface area contributed by atoms with E-state index in [0.29, 0.717) is 24.6 Å². The molecule has 1 amide bonds. The van der Waals surface area contributed by atoms with E-state index in [1.807, 2.05) is 36.1 Å². The Morgan fingerprint density at radius 3 is 2.31 bits per heavy atom. The molecule has 2 aliphatic heterocycles. The zero-order valence-electron chi connectivity index (χ0n) is 19.1. The predicted molar refractivity (Wildman–Crippen MR) is 126 cm³/mol. The normalized spacial score (nSPS) is 16.7. The molecular formula is C24H31N5O3. The lowest BCUT2D eigenvalue weighted by atomic mass is 10.2. The Morgan fingerprint density at radius 1 is 0.906 bits per heavy atom. The van der Waals surface area contributed by atoms with E-state index in [9.17, 15) is 4.79 Å². The third-order valence-corrected chi connectivity index (χ3v) is 5.96. The molecule has 32 heavy (non-hydrogen) atoms. The largest absolute Gasteiger partial charge is 0.493 e. The molecule has 2 saturated heterocycles. The minimum Gasteiger partial charge on any atom is -0.493 e. The minimum absolute atomic E-state index is 0.00218. The second kappa shape index (κ2) is 9.89. The smallest absolute Gasteiger partial charge is 0.246 e. The van der Waals surface area contributed by atoms with Crippen LogP contribution in [-0.4, -0.2) is 74.3 Å². The molecule has 170 valence electrons. The van der Waals surface area contributed by atoms with Crippen molar-refractivity contribution in [2.75, 3.05) is 63.3 Å². The van der Waals surface area contributed by atoms with Crippen molar-refractivity contribution in [1.82, 2.24) is 14.9 Å². The van der Waals surface area contributed by atoms with Crippen molar-refractivity contribution in [3.05, 3.63) is 41.6 Å². The molecule has 2 aliphatic rings. The van der Waals surface area contributed by atoms with E-state index in [2.05, 4.69) is 20.9 Å². The summed E-state index contributed by atoms with van der Waals surface area (Å²) in [4.78, 5) is 28.5. The van der Waals surface area contributed by atoms with Gasteiger partial charge in [-0.2, -0.15) is 4.98 Å². The average Bonchev–Trinajstić information content (AvgIpc) is 3.37. The molecule has 1 aromatic carbocycles. The van der Waals surface area contributed by atoms with Crippen molar-refractivity contribution >= 4 is 23.7 Å². The fourth-order valence-corrected chi connectivity index (χ4v) is 4.14. The molecule has 0 bridgehead atoms. The molecule has 2 aromatic rings. The van der Waals surface area contributed by atoms with E-state index >= 15 is 0 Å². The number of rotatable bonds is 6. The van der Waals surface area contributed by atoms with Crippen LogP contribution in [0.3, 0.4) is 0 Å². The number of hydrogen-bond donors (Lipinski definition) is 0. The third-order valence-electron chi connectivity index (χ3n) is 5.96. The average molecular weight is 438 g/mol. The first-order valence-electron chi connectivity index (χ1n) is 11.1. The highest BCUT2D eigenvalue weighted by Crippen LogP contribution is 2.28. The van der Waals surface area contributed by atoms with E-state index in [-0.39, 0.29) is 5.91 Å². The summed E-state index contributed by atoms with van der Waals surface area (Å²) in [6.45, 7) is 6.87.